The molecule has 4 heteroatoms. The summed E-state index contributed by atoms with van der Waals surface area (Å²) in [5.41, 5.74) is -0.378. The highest BCUT2D eigenvalue weighted by Gasteiger charge is 2.33. The van der Waals surface area contributed by atoms with Gasteiger partial charge in [0.2, 0.25) is 0 Å². The fourth-order valence-corrected chi connectivity index (χ4v) is 2.24. The van der Waals surface area contributed by atoms with Gasteiger partial charge in [0.25, 0.3) is 0 Å². The number of rotatable bonds is 7. The standard InChI is InChI=1S/C12H24O4/c1-8(7-13)6-12(3,4)11(16)9(2)5-10(14)15/h8-9,11,13,16H,5-7H2,1-4H3,(H,14,15). The summed E-state index contributed by atoms with van der Waals surface area (Å²) in [5.74, 6) is -1.06. The lowest BCUT2D eigenvalue weighted by atomic mass is 9.74. The molecule has 3 N–H and O–H groups in total. The van der Waals surface area contributed by atoms with Gasteiger partial charge in [-0.15, -0.1) is 0 Å². The minimum Gasteiger partial charge on any atom is -0.481 e. The van der Waals surface area contributed by atoms with Crippen LogP contribution in [-0.2, 0) is 4.79 Å². The Balaban J connectivity index is 4.42. The molecule has 16 heavy (non-hydrogen) atoms. The number of aliphatic hydroxyl groups excluding tert-OH is 2. The summed E-state index contributed by atoms with van der Waals surface area (Å²) in [6.07, 6.45) is -0.0233. The molecule has 3 atom stereocenters. The molecule has 0 aliphatic heterocycles. The van der Waals surface area contributed by atoms with E-state index in [1.165, 1.54) is 0 Å². The third-order valence-corrected chi connectivity index (χ3v) is 3.02. The second kappa shape index (κ2) is 6.21. The summed E-state index contributed by atoms with van der Waals surface area (Å²) in [6, 6.07) is 0. The number of aliphatic hydroxyl groups is 2. The van der Waals surface area contributed by atoms with E-state index in [1.54, 1.807) is 6.92 Å². The van der Waals surface area contributed by atoms with Crippen LogP contribution in [0.15, 0.2) is 0 Å². The molecule has 0 fully saturated rings. The fourth-order valence-electron chi connectivity index (χ4n) is 2.24. The molecular formula is C12H24O4. The van der Waals surface area contributed by atoms with Gasteiger partial charge in [-0.1, -0.05) is 27.7 Å². The smallest absolute Gasteiger partial charge is 0.303 e. The molecule has 0 rings (SSSR count). The Hall–Kier alpha value is -0.610. The first-order valence-electron chi connectivity index (χ1n) is 5.71. The number of carbonyl (C=O) groups is 1. The van der Waals surface area contributed by atoms with Crippen molar-refractivity contribution in [2.45, 2.75) is 46.6 Å². The summed E-state index contributed by atoms with van der Waals surface area (Å²) in [6.45, 7) is 7.55. The molecular weight excluding hydrogens is 208 g/mol. The van der Waals surface area contributed by atoms with Gasteiger partial charge in [-0.25, -0.2) is 0 Å². The van der Waals surface area contributed by atoms with Crippen LogP contribution in [0.3, 0.4) is 0 Å². The molecule has 3 unspecified atom stereocenters. The van der Waals surface area contributed by atoms with Crippen LogP contribution in [0.1, 0.15) is 40.5 Å². The van der Waals surface area contributed by atoms with Gasteiger partial charge in [0, 0.05) is 6.61 Å². The molecule has 0 radical (unpaired) electrons. The fraction of sp³-hybridized carbons (Fsp3) is 0.917. The Bertz CT molecular complexity index is 225. The molecule has 0 amide bonds. The van der Waals surface area contributed by atoms with E-state index in [4.69, 9.17) is 10.2 Å². The van der Waals surface area contributed by atoms with Crippen molar-refractivity contribution in [1.29, 1.82) is 0 Å². The molecule has 0 aliphatic rings. The van der Waals surface area contributed by atoms with Gasteiger partial charge in [0.05, 0.1) is 12.5 Å². The second-order valence-electron chi connectivity index (χ2n) is 5.50. The SMILES string of the molecule is CC(CO)CC(C)(C)C(O)C(C)CC(=O)O. The lowest BCUT2D eigenvalue weighted by Crippen LogP contribution is -2.37. The Morgan fingerprint density at radius 3 is 2.19 bits per heavy atom. The third kappa shape index (κ3) is 4.94. The summed E-state index contributed by atoms with van der Waals surface area (Å²) < 4.78 is 0. The van der Waals surface area contributed by atoms with E-state index in [1.807, 2.05) is 20.8 Å². The van der Waals surface area contributed by atoms with Gasteiger partial charge in [0.1, 0.15) is 0 Å². The highest BCUT2D eigenvalue weighted by atomic mass is 16.4. The molecule has 0 heterocycles. The van der Waals surface area contributed by atoms with E-state index in [9.17, 15) is 9.90 Å². The van der Waals surface area contributed by atoms with E-state index >= 15 is 0 Å². The molecule has 0 saturated heterocycles. The zero-order valence-electron chi connectivity index (χ0n) is 10.6. The molecule has 0 spiro atoms. The lowest BCUT2D eigenvalue weighted by molar-refractivity contribution is -0.140. The molecule has 4 nitrogen and oxygen atoms in total. The Morgan fingerprint density at radius 1 is 1.31 bits per heavy atom. The van der Waals surface area contributed by atoms with Crippen molar-refractivity contribution >= 4 is 5.97 Å². The van der Waals surface area contributed by atoms with Gasteiger partial charge in [-0.3, -0.25) is 4.79 Å². The van der Waals surface area contributed by atoms with E-state index in [-0.39, 0.29) is 30.3 Å². The van der Waals surface area contributed by atoms with Crippen LogP contribution in [0.2, 0.25) is 0 Å². The minimum atomic E-state index is -0.891. The molecule has 0 aromatic heterocycles. The minimum absolute atomic E-state index is 0.0297. The Morgan fingerprint density at radius 2 is 1.81 bits per heavy atom. The Kier molecular flexibility index (Phi) is 5.97. The molecule has 0 aliphatic carbocycles. The number of aliphatic carboxylic acids is 1. The zero-order chi connectivity index (χ0) is 12.9. The van der Waals surface area contributed by atoms with E-state index in [2.05, 4.69) is 0 Å². The van der Waals surface area contributed by atoms with Crippen molar-refractivity contribution in [3.63, 3.8) is 0 Å². The average Bonchev–Trinajstić information content (AvgIpc) is 2.14. The van der Waals surface area contributed by atoms with Crippen LogP contribution >= 0.6 is 0 Å². The summed E-state index contributed by atoms with van der Waals surface area (Å²) in [7, 11) is 0. The first kappa shape index (κ1) is 15.4. The van der Waals surface area contributed by atoms with Crippen LogP contribution in [0.5, 0.6) is 0 Å². The lowest BCUT2D eigenvalue weighted by Gasteiger charge is -2.35. The number of hydrogen-bond acceptors (Lipinski definition) is 3. The average molecular weight is 232 g/mol. The first-order valence-corrected chi connectivity index (χ1v) is 5.71. The van der Waals surface area contributed by atoms with Gasteiger partial charge in [-0.05, 0) is 23.7 Å². The highest BCUT2D eigenvalue weighted by Crippen LogP contribution is 2.33. The molecule has 96 valence electrons. The van der Waals surface area contributed by atoms with Crippen LogP contribution in [0.25, 0.3) is 0 Å². The maximum absolute atomic E-state index is 10.6. The predicted molar refractivity (Wildman–Crippen MR) is 62.1 cm³/mol. The van der Waals surface area contributed by atoms with Gasteiger partial charge in [-0.2, -0.15) is 0 Å². The van der Waals surface area contributed by atoms with Gasteiger partial charge < -0.3 is 15.3 Å². The number of carboxylic acids is 1. The topological polar surface area (TPSA) is 77.8 Å². The maximum Gasteiger partial charge on any atom is 0.303 e. The van der Waals surface area contributed by atoms with Crippen LogP contribution in [-0.4, -0.2) is 34.0 Å². The highest BCUT2D eigenvalue weighted by molar-refractivity contribution is 5.67. The van der Waals surface area contributed by atoms with Crippen molar-refractivity contribution in [3.8, 4) is 0 Å². The van der Waals surface area contributed by atoms with E-state index in [0.717, 1.165) is 0 Å². The summed E-state index contributed by atoms with van der Waals surface area (Å²) in [4.78, 5) is 10.6. The summed E-state index contributed by atoms with van der Waals surface area (Å²) in [5, 5.41) is 27.8. The largest absolute Gasteiger partial charge is 0.481 e. The van der Waals surface area contributed by atoms with E-state index in [0.29, 0.717) is 6.42 Å². The number of hydrogen-bond donors (Lipinski definition) is 3. The normalized spacial score (nSPS) is 17.9. The zero-order valence-corrected chi connectivity index (χ0v) is 10.6. The first-order chi connectivity index (χ1) is 7.20. The monoisotopic (exact) mass is 232 g/mol. The van der Waals surface area contributed by atoms with Crippen molar-refractivity contribution < 1.29 is 20.1 Å². The van der Waals surface area contributed by atoms with Crippen LogP contribution in [0, 0.1) is 17.3 Å². The van der Waals surface area contributed by atoms with Crippen molar-refractivity contribution in [2.75, 3.05) is 6.61 Å². The van der Waals surface area contributed by atoms with Crippen molar-refractivity contribution in [1.82, 2.24) is 0 Å². The quantitative estimate of drug-likeness (QED) is 0.621. The predicted octanol–water partition coefficient (Wildman–Crippen LogP) is 1.50. The van der Waals surface area contributed by atoms with Gasteiger partial charge >= 0.3 is 5.97 Å². The third-order valence-electron chi connectivity index (χ3n) is 3.02. The molecule has 0 aromatic rings. The van der Waals surface area contributed by atoms with Crippen LogP contribution < -0.4 is 0 Å². The van der Waals surface area contributed by atoms with Crippen molar-refractivity contribution in [2.24, 2.45) is 17.3 Å². The molecule has 0 bridgehead atoms. The maximum atomic E-state index is 10.6. The summed E-state index contributed by atoms with van der Waals surface area (Å²) >= 11 is 0. The van der Waals surface area contributed by atoms with E-state index < -0.39 is 12.1 Å². The number of carboxylic acid groups (broad SMARTS) is 1. The van der Waals surface area contributed by atoms with Crippen molar-refractivity contribution in [3.05, 3.63) is 0 Å². The molecule has 0 saturated carbocycles. The molecule has 0 aromatic carbocycles. The van der Waals surface area contributed by atoms with Gasteiger partial charge in [0.15, 0.2) is 0 Å². The van der Waals surface area contributed by atoms with Crippen LogP contribution in [0.4, 0.5) is 0 Å². The Labute approximate surface area is 97.3 Å². The second-order valence-corrected chi connectivity index (χ2v) is 5.50.